The number of hydrogen-bond donors (Lipinski definition) is 1. The quantitative estimate of drug-likeness (QED) is 0.0215. The van der Waals surface area contributed by atoms with Gasteiger partial charge in [0, 0.05) is 12.8 Å². The maximum Gasteiger partial charge on any atom is 0.472 e. The Balaban J connectivity index is 4.39. The van der Waals surface area contributed by atoms with Crippen LogP contribution in [0, 0.1) is 0 Å². The molecule has 0 bridgehead atoms. The van der Waals surface area contributed by atoms with Gasteiger partial charge in [0.1, 0.15) is 19.8 Å². The molecule has 0 spiro atoms. The van der Waals surface area contributed by atoms with Crippen molar-refractivity contribution in [3.05, 3.63) is 24.3 Å². The molecule has 0 aromatic rings. The van der Waals surface area contributed by atoms with Crippen LogP contribution in [0.3, 0.4) is 0 Å². The van der Waals surface area contributed by atoms with Crippen LogP contribution in [0.5, 0.6) is 0 Å². The fourth-order valence-corrected chi connectivity index (χ4v) is 6.69. The van der Waals surface area contributed by atoms with Gasteiger partial charge in [0.25, 0.3) is 0 Å². The van der Waals surface area contributed by atoms with Gasteiger partial charge >= 0.3 is 19.8 Å². The highest BCUT2D eigenvalue weighted by atomic mass is 31.2. The number of ether oxygens (including phenoxy) is 2. The average Bonchev–Trinajstić information content (AvgIpc) is 3.12. The van der Waals surface area contributed by atoms with Crippen LogP contribution in [0.15, 0.2) is 24.3 Å². The molecular formula is C44H85NO8P+. The second-order valence-corrected chi connectivity index (χ2v) is 17.5. The summed E-state index contributed by atoms with van der Waals surface area (Å²) >= 11 is 0. The molecule has 0 rings (SSSR count). The van der Waals surface area contributed by atoms with Gasteiger partial charge in [0.05, 0.1) is 27.7 Å². The lowest BCUT2D eigenvalue weighted by Crippen LogP contribution is -2.37. The van der Waals surface area contributed by atoms with Crippen molar-refractivity contribution in [2.45, 2.75) is 200 Å². The van der Waals surface area contributed by atoms with Gasteiger partial charge in [-0.2, -0.15) is 0 Å². The number of allylic oxidation sites excluding steroid dienone is 4. The highest BCUT2D eigenvalue weighted by molar-refractivity contribution is 7.47. The number of unbranched alkanes of at least 4 members (excludes halogenated alkanes) is 22. The number of phosphoric ester groups is 1. The van der Waals surface area contributed by atoms with Crippen LogP contribution in [0.4, 0.5) is 0 Å². The van der Waals surface area contributed by atoms with E-state index in [1.807, 2.05) is 21.1 Å². The first-order chi connectivity index (χ1) is 26.0. The Labute approximate surface area is 332 Å². The predicted molar refractivity (Wildman–Crippen MR) is 224 cm³/mol. The Morgan fingerprint density at radius 2 is 0.944 bits per heavy atom. The van der Waals surface area contributed by atoms with Gasteiger partial charge in [-0.05, 0) is 64.2 Å². The minimum absolute atomic E-state index is 0.0290. The summed E-state index contributed by atoms with van der Waals surface area (Å²) in [6, 6.07) is 0. The van der Waals surface area contributed by atoms with E-state index < -0.39 is 26.5 Å². The van der Waals surface area contributed by atoms with E-state index in [9.17, 15) is 19.0 Å². The fraction of sp³-hybridized carbons (Fsp3) is 0.864. The summed E-state index contributed by atoms with van der Waals surface area (Å²) < 4.78 is 34.3. The van der Waals surface area contributed by atoms with E-state index in [2.05, 4.69) is 38.2 Å². The van der Waals surface area contributed by atoms with Crippen molar-refractivity contribution in [1.29, 1.82) is 0 Å². The van der Waals surface area contributed by atoms with Crippen LogP contribution in [0.2, 0.25) is 0 Å². The van der Waals surface area contributed by atoms with E-state index >= 15 is 0 Å². The molecule has 1 N–H and O–H groups in total. The number of rotatable bonds is 40. The SMILES string of the molecule is CCCCCCCC/C=C/CCCCCCCC(=O)O[C@H](COC(=O)CCCCC/C=C/CCCCCCCCCC)COP(=O)(O)OCC[N+](C)(C)C. The van der Waals surface area contributed by atoms with Crippen molar-refractivity contribution < 1.29 is 42.1 Å². The lowest BCUT2D eigenvalue weighted by atomic mass is 10.1. The van der Waals surface area contributed by atoms with Crippen LogP contribution in [0.1, 0.15) is 194 Å². The molecule has 0 aliphatic carbocycles. The molecule has 0 aliphatic heterocycles. The van der Waals surface area contributed by atoms with E-state index in [0.717, 1.165) is 57.8 Å². The number of hydrogen-bond acceptors (Lipinski definition) is 7. The Morgan fingerprint density at radius 1 is 0.556 bits per heavy atom. The summed E-state index contributed by atoms with van der Waals surface area (Å²) in [5.41, 5.74) is 0. The Hall–Kier alpha value is -1.51. The average molecular weight is 787 g/mol. The molecule has 0 fully saturated rings. The zero-order valence-corrected chi connectivity index (χ0v) is 36.6. The molecule has 0 aromatic heterocycles. The molecule has 0 aromatic carbocycles. The maximum absolute atomic E-state index is 12.7. The Bertz CT molecular complexity index is 980. The lowest BCUT2D eigenvalue weighted by Gasteiger charge is -2.24. The van der Waals surface area contributed by atoms with Crippen LogP contribution in [0.25, 0.3) is 0 Å². The predicted octanol–water partition coefficient (Wildman–Crippen LogP) is 12.4. The molecule has 0 heterocycles. The molecule has 0 aliphatic rings. The summed E-state index contributed by atoms with van der Waals surface area (Å²) in [5, 5.41) is 0. The monoisotopic (exact) mass is 787 g/mol. The van der Waals surface area contributed by atoms with E-state index in [0.29, 0.717) is 23.9 Å². The number of esters is 2. The Kier molecular flexibility index (Phi) is 36.1. The summed E-state index contributed by atoms with van der Waals surface area (Å²) in [4.78, 5) is 35.3. The largest absolute Gasteiger partial charge is 0.472 e. The topological polar surface area (TPSA) is 108 Å². The Morgan fingerprint density at radius 3 is 1.39 bits per heavy atom. The molecular weight excluding hydrogens is 701 g/mol. The van der Waals surface area contributed by atoms with Crippen molar-refractivity contribution in [2.24, 2.45) is 0 Å². The lowest BCUT2D eigenvalue weighted by molar-refractivity contribution is -0.870. The molecule has 318 valence electrons. The summed E-state index contributed by atoms with van der Waals surface area (Å²) in [6.07, 6.45) is 39.3. The van der Waals surface area contributed by atoms with E-state index in [1.165, 1.54) is 96.3 Å². The van der Waals surface area contributed by atoms with Gasteiger partial charge < -0.3 is 18.9 Å². The molecule has 54 heavy (non-hydrogen) atoms. The van der Waals surface area contributed by atoms with Gasteiger partial charge in [-0.25, -0.2) is 4.57 Å². The van der Waals surface area contributed by atoms with E-state index in [4.69, 9.17) is 18.5 Å². The third-order valence-corrected chi connectivity index (χ3v) is 10.4. The number of phosphoric acid groups is 1. The normalized spacial score (nSPS) is 13.8. The van der Waals surface area contributed by atoms with Crippen molar-refractivity contribution in [3.8, 4) is 0 Å². The highest BCUT2D eigenvalue weighted by Gasteiger charge is 2.27. The number of likely N-dealkylation sites (N-methyl/N-ethyl adjacent to an activating group) is 1. The summed E-state index contributed by atoms with van der Waals surface area (Å²) in [5.74, 6) is -0.823. The second-order valence-electron chi connectivity index (χ2n) is 16.1. The van der Waals surface area contributed by atoms with Crippen molar-refractivity contribution >= 4 is 19.8 Å². The zero-order valence-electron chi connectivity index (χ0n) is 35.7. The second kappa shape index (κ2) is 37.1. The van der Waals surface area contributed by atoms with Gasteiger partial charge in [-0.3, -0.25) is 18.6 Å². The molecule has 0 saturated heterocycles. The number of quaternary nitrogens is 1. The maximum atomic E-state index is 12.7. The van der Waals surface area contributed by atoms with E-state index in [-0.39, 0.29) is 32.0 Å². The summed E-state index contributed by atoms with van der Waals surface area (Å²) in [6.45, 7) is 4.39. The number of nitrogens with zero attached hydrogens (tertiary/aromatic N) is 1. The molecule has 1 unspecified atom stereocenters. The molecule has 0 saturated carbocycles. The molecule has 9 nitrogen and oxygen atoms in total. The van der Waals surface area contributed by atoms with Crippen LogP contribution >= 0.6 is 7.82 Å². The van der Waals surface area contributed by atoms with Gasteiger partial charge in [-0.1, -0.05) is 141 Å². The summed E-state index contributed by atoms with van der Waals surface area (Å²) in [7, 11) is 1.47. The molecule has 0 radical (unpaired) electrons. The minimum Gasteiger partial charge on any atom is -0.462 e. The number of carbonyl (C=O) groups is 2. The molecule has 0 amide bonds. The third-order valence-electron chi connectivity index (χ3n) is 9.45. The van der Waals surface area contributed by atoms with Crippen molar-refractivity contribution in [2.75, 3.05) is 47.5 Å². The first-order valence-corrected chi connectivity index (χ1v) is 23.6. The van der Waals surface area contributed by atoms with Crippen molar-refractivity contribution in [3.63, 3.8) is 0 Å². The molecule has 2 atom stereocenters. The van der Waals surface area contributed by atoms with Gasteiger partial charge in [0.15, 0.2) is 6.10 Å². The first kappa shape index (κ1) is 52.5. The zero-order chi connectivity index (χ0) is 40.0. The first-order valence-electron chi connectivity index (χ1n) is 22.1. The minimum atomic E-state index is -4.38. The smallest absolute Gasteiger partial charge is 0.462 e. The fourth-order valence-electron chi connectivity index (χ4n) is 5.94. The number of carbonyl (C=O) groups excluding carboxylic acids is 2. The molecule has 10 heteroatoms. The standard InChI is InChI=1S/C44H84NO8P/c1-6-8-10-12-14-16-18-20-22-24-26-28-30-32-34-36-43(46)50-40-42(41-52-54(48,49)51-39-38-45(3,4)5)53-44(47)37-35-33-31-29-27-25-23-21-19-17-15-13-11-9-7-2/h21,23-24,26,42H,6-20,22,25,27-41H2,1-5H3/p+1/b23-21+,26-24+/t42-/m1/s1. The van der Waals surface area contributed by atoms with Crippen LogP contribution in [-0.4, -0.2) is 74.9 Å². The van der Waals surface area contributed by atoms with Crippen molar-refractivity contribution in [1.82, 2.24) is 0 Å². The van der Waals surface area contributed by atoms with Crippen LogP contribution < -0.4 is 0 Å². The van der Waals surface area contributed by atoms with E-state index in [1.54, 1.807) is 0 Å². The van der Waals surface area contributed by atoms with Gasteiger partial charge in [0.2, 0.25) is 0 Å². The van der Waals surface area contributed by atoms with Gasteiger partial charge in [-0.15, -0.1) is 0 Å². The third kappa shape index (κ3) is 40.2. The highest BCUT2D eigenvalue weighted by Crippen LogP contribution is 2.43. The van der Waals surface area contributed by atoms with Crippen LogP contribution in [-0.2, 0) is 32.7 Å².